The van der Waals surface area contributed by atoms with Crippen molar-refractivity contribution in [3.05, 3.63) is 114 Å². The van der Waals surface area contributed by atoms with E-state index >= 15 is 0 Å². The molecule has 0 bridgehead atoms. The van der Waals surface area contributed by atoms with Crippen molar-refractivity contribution in [2.45, 2.75) is 0 Å². The van der Waals surface area contributed by atoms with Gasteiger partial charge in [0.15, 0.2) is 5.70 Å². The van der Waals surface area contributed by atoms with Crippen LogP contribution in [0, 0.1) is 0 Å². The second-order valence-electron chi connectivity index (χ2n) is 6.85. The molecule has 1 aliphatic heterocycles. The molecule has 0 atom stereocenters. The molecule has 1 aliphatic rings. The van der Waals surface area contributed by atoms with E-state index in [1.165, 1.54) is 0 Å². The van der Waals surface area contributed by atoms with Crippen molar-refractivity contribution in [3.63, 3.8) is 0 Å². The quantitative estimate of drug-likeness (QED) is 0.333. The molecule has 4 aromatic rings. The van der Waals surface area contributed by atoms with Crippen molar-refractivity contribution in [2.75, 3.05) is 0 Å². The Morgan fingerprint density at radius 3 is 2.14 bits per heavy atom. The molecule has 0 aromatic heterocycles. The van der Waals surface area contributed by atoms with Gasteiger partial charge in [-0.15, -0.1) is 0 Å². The van der Waals surface area contributed by atoms with Crippen LogP contribution in [0.4, 0.5) is 0 Å². The van der Waals surface area contributed by atoms with Crippen molar-refractivity contribution in [2.24, 2.45) is 4.99 Å². The van der Waals surface area contributed by atoms with Gasteiger partial charge in [0.05, 0.1) is 0 Å². The molecule has 0 aliphatic carbocycles. The maximum Gasteiger partial charge on any atom is 0.363 e. The fourth-order valence-electron chi connectivity index (χ4n) is 3.49. The minimum absolute atomic E-state index is 0.309. The van der Waals surface area contributed by atoms with Crippen molar-refractivity contribution in [1.82, 2.24) is 0 Å². The van der Waals surface area contributed by atoms with E-state index in [1.54, 1.807) is 6.08 Å². The fourth-order valence-corrected chi connectivity index (χ4v) is 3.49. The summed E-state index contributed by atoms with van der Waals surface area (Å²) in [5.74, 6) is -0.0961. The van der Waals surface area contributed by atoms with Gasteiger partial charge in [0.1, 0.15) is 0 Å². The van der Waals surface area contributed by atoms with E-state index in [0.29, 0.717) is 11.6 Å². The van der Waals surface area contributed by atoms with Gasteiger partial charge in [0.2, 0.25) is 5.90 Å². The topological polar surface area (TPSA) is 38.7 Å². The molecule has 0 unspecified atom stereocenters. The zero-order valence-electron chi connectivity index (χ0n) is 15.6. The SMILES string of the molecule is O=C1OC(c2ccc(-c3ccccc3)cc2)=NC1=Cc1cccc2ccccc12. The fraction of sp³-hybridized carbons (Fsp3) is 0. The number of cyclic esters (lactones) is 1. The second kappa shape index (κ2) is 7.21. The molecule has 0 spiro atoms. The standard InChI is InChI=1S/C26H17NO2/c28-26-24(17-22-11-6-10-20-9-4-5-12-23(20)22)27-25(29-26)21-15-13-19(14-16-21)18-7-2-1-3-8-18/h1-17H. The van der Waals surface area contributed by atoms with E-state index in [1.807, 2.05) is 84.9 Å². The molecule has 0 radical (unpaired) electrons. The predicted molar refractivity (Wildman–Crippen MR) is 116 cm³/mol. The van der Waals surface area contributed by atoms with Crippen LogP contribution in [0.5, 0.6) is 0 Å². The van der Waals surface area contributed by atoms with Crippen LogP contribution >= 0.6 is 0 Å². The van der Waals surface area contributed by atoms with Crippen LogP contribution in [-0.2, 0) is 9.53 Å². The number of carbonyl (C=O) groups excluding carboxylic acids is 1. The smallest absolute Gasteiger partial charge is 0.363 e. The Morgan fingerprint density at radius 2 is 1.31 bits per heavy atom. The first-order valence-electron chi connectivity index (χ1n) is 9.44. The number of fused-ring (bicyclic) bond motifs is 1. The molecule has 3 heteroatoms. The Balaban J connectivity index is 1.48. The summed E-state index contributed by atoms with van der Waals surface area (Å²) < 4.78 is 5.43. The summed E-state index contributed by atoms with van der Waals surface area (Å²) in [5, 5.41) is 2.19. The first kappa shape index (κ1) is 17.1. The summed E-state index contributed by atoms with van der Waals surface area (Å²) in [7, 11) is 0. The average Bonchev–Trinajstić information content (AvgIpc) is 3.15. The van der Waals surface area contributed by atoms with Gasteiger partial charge in [-0.3, -0.25) is 0 Å². The highest BCUT2D eigenvalue weighted by Gasteiger charge is 2.24. The van der Waals surface area contributed by atoms with Gasteiger partial charge in [0, 0.05) is 5.56 Å². The van der Waals surface area contributed by atoms with E-state index in [-0.39, 0.29) is 0 Å². The lowest BCUT2D eigenvalue weighted by Gasteiger charge is -2.03. The van der Waals surface area contributed by atoms with Crippen LogP contribution in [0.3, 0.4) is 0 Å². The first-order chi connectivity index (χ1) is 14.3. The number of hydrogen-bond donors (Lipinski definition) is 0. The molecule has 29 heavy (non-hydrogen) atoms. The Morgan fingerprint density at radius 1 is 0.655 bits per heavy atom. The number of ether oxygens (including phenoxy) is 1. The van der Waals surface area contributed by atoms with Crippen LogP contribution in [-0.4, -0.2) is 11.9 Å². The summed E-state index contributed by atoms with van der Waals surface area (Å²) in [5.41, 5.74) is 4.27. The van der Waals surface area contributed by atoms with Crippen LogP contribution in [0.25, 0.3) is 28.0 Å². The summed E-state index contributed by atoms with van der Waals surface area (Å²) in [6.45, 7) is 0. The van der Waals surface area contributed by atoms with Gasteiger partial charge in [-0.1, -0.05) is 84.9 Å². The highest BCUT2D eigenvalue weighted by Crippen LogP contribution is 2.25. The third-order valence-electron chi connectivity index (χ3n) is 4.98. The maximum absolute atomic E-state index is 12.4. The Labute approximate surface area is 168 Å². The molecule has 138 valence electrons. The molecule has 0 saturated carbocycles. The van der Waals surface area contributed by atoms with Crippen LogP contribution in [0.15, 0.2) is 108 Å². The molecule has 5 rings (SSSR count). The number of esters is 1. The number of hydrogen-bond acceptors (Lipinski definition) is 3. The van der Waals surface area contributed by atoms with Crippen LogP contribution in [0.1, 0.15) is 11.1 Å². The average molecular weight is 375 g/mol. The number of nitrogens with zero attached hydrogens (tertiary/aromatic N) is 1. The molecule has 4 aromatic carbocycles. The lowest BCUT2D eigenvalue weighted by Crippen LogP contribution is -2.05. The Hall–Kier alpha value is -3.98. The molecular weight excluding hydrogens is 358 g/mol. The molecule has 0 N–H and O–H groups in total. The number of benzene rings is 4. The molecule has 0 saturated heterocycles. The summed E-state index contributed by atoms with van der Waals surface area (Å²) >= 11 is 0. The Kier molecular flexibility index (Phi) is 4.26. The lowest BCUT2D eigenvalue weighted by atomic mass is 10.0. The predicted octanol–water partition coefficient (Wildman–Crippen LogP) is 5.85. The third kappa shape index (κ3) is 3.34. The van der Waals surface area contributed by atoms with Gasteiger partial charge in [-0.25, -0.2) is 9.79 Å². The van der Waals surface area contributed by atoms with Crippen molar-refractivity contribution < 1.29 is 9.53 Å². The van der Waals surface area contributed by atoms with Gasteiger partial charge < -0.3 is 4.74 Å². The van der Waals surface area contributed by atoms with Crippen LogP contribution in [0.2, 0.25) is 0 Å². The van der Waals surface area contributed by atoms with E-state index < -0.39 is 5.97 Å². The number of aliphatic imine (C=N–C) groups is 1. The second-order valence-corrected chi connectivity index (χ2v) is 6.85. The summed E-state index contributed by atoms with van der Waals surface area (Å²) in [4.78, 5) is 16.8. The number of rotatable bonds is 3. The van der Waals surface area contributed by atoms with Crippen molar-refractivity contribution in [3.8, 4) is 11.1 Å². The zero-order valence-corrected chi connectivity index (χ0v) is 15.6. The van der Waals surface area contributed by atoms with Gasteiger partial charge >= 0.3 is 5.97 Å². The molecule has 0 fully saturated rings. The van der Waals surface area contributed by atoms with Gasteiger partial charge in [-0.2, -0.15) is 0 Å². The highest BCUT2D eigenvalue weighted by atomic mass is 16.6. The molecule has 0 amide bonds. The van der Waals surface area contributed by atoms with Crippen molar-refractivity contribution >= 4 is 28.7 Å². The van der Waals surface area contributed by atoms with Gasteiger partial charge in [-0.05, 0) is 45.7 Å². The molecule has 1 heterocycles. The van der Waals surface area contributed by atoms with Crippen LogP contribution < -0.4 is 0 Å². The van der Waals surface area contributed by atoms with E-state index in [2.05, 4.69) is 17.1 Å². The largest absolute Gasteiger partial charge is 0.402 e. The zero-order chi connectivity index (χ0) is 19.6. The molecular formula is C26H17NO2. The number of carbonyl (C=O) groups is 1. The summed E-state index contributed by atoms with van der Waals surface area (Å²) in [6.07, 6.45) is 1.79. The normalized spacial score (nSPS) is 14.8. The minimum Gasteiger partial charge on any atom is -0.402 e. The van der Waals surface area contributed by atoms with E-state index in [9.17, 15) is 4.79 Å². The van der Waals surface area contributed by atoms with Gasteiger partial charge in [0.25, 0.3) is 0 Å². The lowest BCUT2D eigenvalue weighted by molar-refractivity contribution is -0.129. The monoisotopic (exact) mass is 375 g/mol. The van der Waals surface area contributed by atoms with E-state index in [0.717, 1.165) is 33.0 Å². The highest BCUT2D eigenvalue weighted by molar-refractivity contribution is 6.13. The van der Waals surface area contributed by atoms with Crippen molar-refractivity contribution in [1.29, 1.82) is 0 Å². The van der Waals surface area contributed by atoms with E-state index in [4.69, 9.17) is 4.74 Å². The third-order valence-corrected chi connectivity index (χ3v) is 4.98. The maximum atomic E-state index is 12.4. The first-order valence-corrected chi connectivity index (χ1v) is 9.44. The summed E-state index contributed by atoms with van der Waals surface area (Å²) in [6, 6.07) is 32.1. The minimum atomic E-state index is -0.430. The Bertz CT molecular complexity index is 1260. The molecule has 3 nitrogen and oxygen atoms in total.